The van der Waals surface area contributed by atoms with Crippen molar-refractivity contribution in [2.24, 2.45) is 5.73 Å². The van der Waals surface area contributed by atoms with Gasteiger partial charge < -0.3 is 5.73 Å². The maximum absolute atomic E-state index is 13.6. The molecule has 0 heterocycles. The van der Waals surface area contributed by atoms with Crippen molar-refractivity contribution in [2.75, 3.05) is 0 Å². The van der Waals surface area contributed by atoms with Crippen LogP contribution in [0.2, 0.25) is 0 Å². The monoisotopic (exact) mass is 425 g/mol. The molecule has 0 aliphatic heterocycles. The van der Waals surface area contributed by atoms with Gasteiger partial charge in [0.25, 0.3) is 0 Å². The smallest absolute Gasteiger partial charge is 0.320 e. The molecular weight excluding hydrogens is 418 g/mol. The molecule has 0 aliphatic rings. The Kier molecular flexibility index (Phi) is 4.75. The van der Waals surface area contributed by atoms with E-state index in [1.54, 1.807) is 18.2 Å². The number of nitrogens with two attached hydrogens (primary N) is 1. The first-order chi connectivity index (χ1) is 9.68. The van der Waals surface area contributed by atoms with E-state index in [0.29, 0.717) is 11.6 Å². The summed E-state index contributed by atoms with van der Waals surface area (Å²) in [5, 5.41) is 0. The summed E-state index contributed by atoms with van der Waals surface area (Å²) in [5.74, 6) is -1.33. The molecule has 7 heteroatoms. The molecule has 1 nitrogen and oxygen atoms in total. The summed E-state index contributed by atoms with van der Waals surface area (Å²) < 4.78 is 52.7. The van der Waals surface area contributed by atoms with Crippen molar-refractivity contribution in [2.45, 2.75) is 12.2 Å². The normalized spacial score (nSPS) is 13.3. The van der Waals surface area contributed by atoms with Gasteiger partial charge in [0.1, 0.15) is 5.82 Å². The third kappa shape index (κ3) is 3.84. The molecule has 2 rings (SSSR count). The number of rotatable bonds is 2. The van der Waals surface area contributed by atoms with E-state index in [0.717, 1.165) is 15.0 Å². The van der Waals surface area contributed by atoms with Crippen LogP contribution in [0.25, 0.3) is 0 Å². The summed E-state index contributed by atoms with van der Waals surface area (Å²) in [6.07, 6.45) is -4.72. The van der Waals surface area contributed by atoms with E-state index >= 15 is 0 Å². The lowest BCUT2D eigenvalue weighted by atomic mass is 9.98. The summed E-state index contributed by atoms with van der Waals surface area (Å²) in [5.41, 5.74) is 5.61. The van der Waals surface area contributed by atoms with Gasteiger partial charge in [0.05, 0.1) is 11.6 Å². The van der Waals surface area contributed by atoms with E-state index in [1.165, 1.54) is 6.07 Å². The zero-order valence-corrected chi connectivity index (χ0v) is 13.6. The molecule has 0 saturated heterocycles. The molecule has 0 saturated carbocycles. The second-order valence-electron chi connectivity index (χ2n) is 4.42. The van der Waals surface area contributed by atoms with Gasteiger partial charge in [-0.15, -0.1) is 0 Å². The van der Waals surface area contributed by atoms with Gasteiger partial charge in [0, 0.05) is 8.95 Å². The van der Waals surface area contributed by atoms with Crippen molar-refractivity contribution >= 4 is 31.9 Å². The van der Waals surface area contributed by atoms with Gasteiger partial charge in [0.15, 0.2) is 0 Å². The van der Waals surface area contributed by atoms with Crippen molar-refractivity contribution in [1.82, 2.24) is 0 Å². The van der Waals surface area contributed by atoms with Gasteiger partial charge in [-0.05, 0) is 41.5 Å². The SMILES string of the molecule is NC(c1cc(Br)cc(Br)c1)c1ccc(C(F)(F)F)c(F)c1. The molecule has 1 atom stereocenters. The van der Waals surface area contributed by atoms with Gasteiger partial charge in [-0.1, -0.05) is 37.9 Å². The second-order valence-corrected chi connectivity index (χ2v) is 6.25. The Labute approximate surface area is 135 Å². The molecule has 0 radical (unpaired) electrons. The summed E-state index contributed by atoms with van der Waals surface area (Å²) in [6, 6.07) is 7.24. The van der Waals surface area contributed by atoms with Crippen molar-refractivity contribution in [1.29, 1.82) is 0 Å². The predicted molar refractivity (Wildman–Crippen MR) is 79.3 cm³/mol. The van der Waals surface area contributed by atoms with Crippen LogP contribution in [0.15, 0.2) is 45.3 Å². The van der Waals surface area contributed by atoms with E-state index < -0.39 is 23.6 Å². The molecule has 21 heavy (non-hydrogen) atoms. The second kappa shape index (κ2) is 6.06. The highest BCUT2D eigenvalue weighted by Gasteiger charge is 2.34. The Hall–Kier alpha value is -0.920. The van der Waals surface area contributed by atoms with Crippen molar-refractivity contribution < 1.29 is 17.6 Å². The topological polar surface area (TPSA) is 26.0 Å². The zero-order chi connectivity index (χ0) is 15.8. The zero-order valence-electron chi connectivity index (χ0n) is 10.4. The Morgan fingerprint density at radius 3 is 1.95 bits per heavy atom. The van der Waals surface area contributed by atoms with Crippen LogP contribution in [0.4, 0.5) is 17.6 Å². The van der Waals surface area contributed by atoms with Crippen LogP contribution >= 0.6 is 31.9 Å². The molecular formula is C14H9Br2F4N. The maximum Gasteiger partial charge on any atom is 0.419 e. The Bertz CT molecular complexity index is 650. The van der Waals surface area contributed by atoms with Crippen LogP contribution in [-0.2, 0) is 6.18 Å². The molecule has 112 valence electrons. The lowest BCUT2D eigenvalue weighted by Crippen LogP contribution is -2.14. The van der Waals surface area contributed by atoms with E-state index in [-0.39, 0.29) is 5.56 Å². The van der Waals surface area contributed by atoms with Gasteiger partial charge in [-0.25, -0.2) is 4.39 Å². The summed E-state index contributed by atoms with van der Waals surface area (Å²) in [7, 11) is 0. The molecule has 0 spiro atoms. The Balaban J connectivity index is 2.40. The molecule has 2 aromatic carbocycles. The van der Waals surface area contributed by atoms with Crippen LogP contribution in [0.3, 0.4) is 0 Å². The summed E-state index contributed by atoms with van der Waals surface area (Å²) in [4.78, 5) is 0. The number of halogens is 6. The van der Waals surface area contributed by atoms with Crippen molar-refractivity contribution in [3.05, 3.63) is 67.9 Å². The van der Waals surface area contributed by atoms with E-state index in [2.05, 4.69) is 31.9 Å². The number of hydrogen-bond donors (Lipinski definition) is 1. The van der Waals surface area contributed by atoms with E-state index in [4.69, 9.17) is 5.73 Å². The highest BCUT2D eigenvalue weighted by atomic mass is 79.9. The highest BCUT2D eigenvalue weighted by Crippen LogP contribution is 2.33. The fraction of sp³-hybridized carbons (Fsp3) is 0.143. The first-order valence-electron chi connectivity index (χ1n) is 5.76. The van der Waals surface area contributed by atoms with Gasteiger partial charge in [0.2, 0.25) is 0 Å². The number of alkyl halides is 3. The minimum Gasteiger partial charge on any atom is -0.320 e. The summed E-state index contributed by atoms with van der Waals surface area (Å²) >= 11 is 6.60. The predicted octanol–water partition coefficient (Wildman–Crippen LogP) is 5.42. The van der Waals surface area contributed by atoms with Gasteiger partial charge in [-0.3, -0.25) is 0 Å². The van der Waals surface area contributed by atoms with Crippen LogP contribution < -0.4 is 5.73 Å². The lowest BCUT2D eigenvalue weighted by molar-refractivity contribution is -0.140. The van der Waals surface area contributed by atoms with Crippen LogP contribution in [0.1, 0.15) is 22.7 Å². The molecule has 2 aromatic rings. The Morgan fingerprint density at radius 1 is 0.905 bits per heavy atom. The number of hydrogen-bond acceptors (Lipinski definition) is 1. The fourth-order valence-electron chi connectivity index (χ4n) is 1.90. The van der Waals surface area contributed by atoms with Crippen LogP contribution in [0, 0.1) is 5.82 Å². The molecule has 0 fully saturated rings. The quantitative estimate of drug-likeness (QED) is 0.637. The highest BCUT2D eigenvalue weighted by molar-refractivity contribution is 9.11. The van der Waals surface area contributed by atoms with Crippen molar-refractivity contribution in [3.8, 4) is 0 Å². The molecule has 2 N–H and O–H groups in total. The van der Waals surface area contributed by atoms with Gasteiger partial charge in [-0.2, -0.15) is 13.2 Å². The van der Waals surface area contributed by atoms with Crippen LogP contribution in [0.5, 0.6) is 0 Å². The summed E-state index contributed by atoms with van der Waals surface area (Å²) in [6.45, 7) is 0. The third-order valence-corrected chi connectivity index (χ3v) is 3.82. The third-order valence-electron chi connectivity index (χ3n) is 2.90. The standard InChI is InChI=1S/C14H9Br2F4N/c15-9-3-8(4-10(16)6-9)13(21)7-1-2-11(12(17)5-7)14(18,19)20/h1-6,13H,21H2. The van der Waals surface area contributed by atoms with Crippen LogP contribution in [-0.4, -0.2) is 0 Å². The Morgan fingerprint density at radius 2 is 1.48 bits per heavy atom. The van der Waals surface area contributed by atoms with E-state index in [1.807, 2.05) is 0 Å². The average Bonchev–Trinajstić information content (AvgIpc) is 2.35. The molecule has 0 aromatic heterocycles. The first-order valence-corrected chi connectivity index (χ1v) is 7.35. The fourth-order valence-corrected chi connectivity index (χ4v) is 3.23. The van der Waals surface area contributed by atoms with E-state index in [9.17, 15) is 17.6 Å². The minimum atomic E-state index is -4.72. The lowest BCUT2D eigenvalue weighted by Gasteiger charge is -2.15. The molecule has 0 amide bonds. The minimum absolute atomic E-state index is 0.269. The maximum atomic E-state index is 13.6. The molecule has 0 bridgehead atoms. The van der Waals surface area contributed by atoms with Gasteiger partial charge >= 0.3 is 6.18 Å². The molecule has 1 unspecified atom stereocenters. The first kappa shape index (κ1) is 16.5. The number of benzene rings is 2. The van der Waals surface area contributed by atoms with Crippen molar-refractivity contribution in [3.63, 3.8) is 0 Å². The largest absolute Gasteiger partial charge is 0.419 e. The molecule has 0 aliphatic carbocycles. The average molecular weight is 427 g/mol.